The third-order valence-electron chi connectivity index (χ3n) is 8.18. The minimum atomic E-state index is -1.22. The highest BCUT2D eigenvalue weighted by Gasteiger charge is 2.43. The number of hydrogen-bond donors (Lipinski definition) is 3. The minimum absolute atomic E-state index is 0.0944. The summed E-state index contributed by atoms with van der Waals surface area (Å²) < 4.78 is 0. The van der Waals surface area contributed by atoms with Crippen molar-refractivity contribution < 1.29 is 20.4 Å². The molecule has 7 rings (SSSR count). The molecular weight excluding hydrogens is 532 g/mol. The molecule has 1 aliphatic rings. The van der Waals surface area contributed by atoms with Crippen LogP contribution in [0.2, 0.25) is 0 Å². The van der Waals surface area contributed by atoms with E-state index in [1.165, 1.54) is 0 Å². The summed E-state index contributed by atoms with van der Waals surface area (Å²) >= 11 is 0. The van der Waals surface area contributed by atoms with Crippen LogP contribution in [0.1, 0.15) is 38.9 Å². The van der Waals surface area contributed by atoms with Crippen LogP contribution in [0, 0.1) is 0 Å². The van der Waals surface area contributed by atoms with Gasteiger partial charge in [-0.3, -0.25) is 5.26 Å². The Labute approximate surface area is 251 Å². The Morgan fingerprint density at radius 3 is 1.21 bits per heavy atom. The highest BCUT2D eigenvalue weighted by Crippen LogP contribution is 2.51. The second-order valence-electron chi connectivity index (χ2n) is 10.5. The maximum Gasteiger partial charge on any atom is 0.178 e. The number of benzene rings is 6. The molecule has 4 nitrogen and oxygen atoms in total. The lowest BCUT2D eigenvalue weighted by Gasteiger charge is -2.32. The average Bonchev–Trinajstić information content (AvgIpc) is 3.36. The molecule has 0 unspecified atom stereocenters. The van der Waals surface area contributed by atoms with Gasteiger partial charge in [0.15, 0.2) is 5.60 Å². The van der Waals surface area contributed by atoms with E-state index in [1.54, 1.807) is 0 Å². The molecule has 43 heavy (non-hydrogen) atoms. The molecule has 0 radical (unpaired) electrons. The summed E-state index contributed by atoms with van der Waals surface area (Å²) in [6.07, 6.45) is 0. The molecule has 0 aliphatic heterocycles. The van der Waals surface area contributed by atoms with Crippen molar-refractivity contribution in [2.24, 2.45) is 0 Å². The van der Waals surface area contributed by atoms with Crippen LogP contribution < -0.4 is 0 Å². The van der Waals surface area contributed by atoms with Gasteiger partial charge in [0.05, 0.1) is 6.61 Å². The molecule has 4 heteroatoms. The van der Waals surface area contributed by atoms with Crippen LogP contribution in [0.5, 0.6) is 0 Å². The van der Waals surface area contributed by atoms with Crippen LogP contribution in [0.25, 0.3) is 11.1 Å². The average molecular weight is 565 g/mol. The molecule has 0 spiro atoms. The van der Waals surface area contributed by atoms with Crippen LogP contribution in [-0.4, -0.2) is 15.5 Å². The van der Waals surface area contributed by atoms with Gasteiger partial charge >= 0.3 is 0 Å². The van der Waals surface area contributed by atoms with Gasteiger partial charge in [0, 0.05) is 11.1 Å². The molecule has 0 bridgehead atoms. The minimum Gasteiger partial charge on any atom is -0.392 e. The Kier molecular flexibility index (Phi) is 8.01. The van der Waals surface area contributed by atoms with Crippen molar-refractivity contribution in [2.75, 3.05) is 0 Å². The number of fused-ring (bicyclic) bond motifs is 3. The van der Waals surface area contributed by atoms with Crippen molar-refractivity contribution in [3.8, 4) is 11.1 Å². The number of aliphatic hydroxyl groups is 2. The zero-order valence-electron chi connectivity index (χ0n) is 23.5. The van der Waals surface area contributed by atoms with E-state index in [2.05, 4.69) is 0 Å². The lowest BCUT2D eigenvalue weighted by atomic mass is 9.80. The highest BCUT2D eigenvalue weighted by atomic mass is 17.1. The Morgan fingerprint density at radius 2 is 0.814 bits per heavy atom. The zero-order valence-corrected chi connectivity index (χ0v) is 23.5. The maximum absolute atomic E-state index is 11.7. The number of rotatable bonds is 6. The largest absolute Gasteiger partial charge is 0.392 e. The third-order valence-corrected chi connectivity index (χ3v) is 8.18. The Balaban J connectivity index is 0.000000153. The molecule has 0 aromatic heterocycles. The molecule has 6 aromatic rings. The molecule has 212 valence electrons. The lowest BCUT2D eigenvalue weighted by molar-refractivity contribution is -0.302. The Morgan fingerprint density at radius 1 is 0.465 bits per heavy atom. The van der Waals surface area contributed by atoms with Gasteiger partial charge in [0.2, 0.25) is 0 Å². The van der Waals surface area contributed by atoms with E-state index in [0.29, 0.717) is 0 Å². The molecule has 0 saturated carbocycles. The van der Waals surface area contributed by atoms with Gasteiger partial charge in [-0.2, -0.15) is 0 Å². The predicted octanol–water partition coefficient (Wildman–Crippen LogP) is 7.91. The fourth-order valence-corrected chi connectivity index (χ4v) is 6.19. The van der Waals surface area contributed by atoms with Crippen LogP contribution >= 0.6 is 0 Å². The molecule has 1 aliphatic carbocycles. The summed E-state index contributed by atoms with van der Waals surface area (Å²) in [5.74, 6) is 0. The first-order valence-corrected chi connectivity index (χ1v) is 14.2. The summed E-state index contributed by atoms with van der Waals surface area (Å²) in [5.41, 5.74) is 5.73. The summed E-state index contributed by atoms with van der Waals surface area (Å²) in [5, 5.41) is 31.2. The molecule has 0 fully saturated rings. The van der Waals surface area contributed by atoms with E-state index in [1.807, 2.05) is 164 Å². The topological polar surface area (TPSA) is 69.9 Å². The second kappa shape index (κ2) is 12.2. The maximum atomic E-state index is 11.7. The number of hydrogen-bond acceptors (Lipinski definition) is 4. The van der Waals surface area contributed by atoms with Crippen molar-refractivity contribution in [3.05, 3.63) is 203 Å². The quantitative estimate of drug-likeness (QED) is 0.109. The summed E-state index contributed by atoms with van der Waals surface area (Å²) in [6.45, 7) is -0.0944. The molecular formula is C39H32O4. The monoisotopic (exact) mass is 564 g/mol. The van der Waals surface area contributed by atoms with Crippen molar-refractivity contribution in [1.29, 1.82) is 0 Å². The van der Waals surface area contributed by atoms with E-state index in [9.17, 15) is 15.5 Å². The van der Waals surface area contributed by atoms with Gasteiger partial charge in [0.1, 0.15) is 5.60 Å². The Hall–Kier alpha value is -4.84. The van der Waals surface area contributed by atoms with Gasteiger partial charge in [-0.05, 0) is 38.9 Å². The lowest BCUT2D eigenvalue weighted by Crippen LogP contribution is -2.31. The predicted molar refractivity (Wildman–Crippen MR) is 169 cm³/mol. The molecule has 0 atom stereocenters. The van der Waals surface area contributed by atoms with Gasteiger partial charge < -0.3 is 10.2 Å². The first-order valence-electron chi connectivity index (χ1n) is 14.2. The molecule has 6 aromatic carbocycles. The van der Waals surface area contributed by atoms with Gasteiger partial charge in [-0.25, -0.2) is 4.89 Å². The van der Waals surface area contributed by atoms with Crippen molar-refractivity contribution >= 4 is 0 Å². The van der Waals surface area contributed by atoms with E-state index >= 15 is 0 Å². The van der Waals surface area contributed by atoms with Crippen LogP contribution in [0.4, 0.5) is 0 Å². The first kappa shape index (κ1) is 28.3. The normalized spacial score (nSPS) is 12.9. The highest BCUT2D eigenvalue weighted by molar-refractivity contribution is 5.82. The molecule has 0 amide bonds. The molecule has 0 heterocycles. The smallest absolute Gasteiger partial charge is 0.178 e. The van der Waals surface area contributed by atoms with Crippen molar-refractivity contribution in [3.63, 3.8) is 0 Å². The first-order chi connectivity index (χ1) is 21.1. The van der Waals surface area contributed by atoms with Crippen LogP contribution in [0.3, 0.4) is 0 Å². The van der Waals surface area contributed by atoms with Gasteiger partial charge in [0.25, 0.3) is 0 Å². The third kappa shape index (κ3) is 4.87. The van der Waals surface area contributed by atoms with Crippen molar-refractivity contribution in [1.82, 2.24) is 0 Å². The van der Waals surface area contributed by atoms with E-state index in [4.69, 9.17) is 4.89 Å². The molecule has 3 N–H and O–H groups in total. The van der Waals surface area contributed by atoms with E-state index in [-0.39, 0.29) is 6.61 Å². The van der Waals surface area contributed by atoms with E-state index < -0.39 is 11.2 Å². The fraction of sp³-hybridized carbons (Fsp3) is 0.0769. The summed E-state index contributed by atoms with van der Waals surface area (Å²) in [7, 11) is 0. The second-order valence-corrected chi connectivity index (χ2v) is 10.5. The molecule has 0 saturated heterocycles. The Bertz CT molecular complexity index is 1660. The van der Waals surface area contributed by atoms with Crippen LogP contribution in [-0.2, 0) is 22.7 Å². The van der Waals surface area contributed by atoms with Crippen molar-refractivity contribution in [2.45, 2.75) is 17.8 Å². The summed E-state index contributed by atoms with van der Waals surface area (Å²) in [4.78, 5) is 5.10. The summed E-state index contributed by atoms with van der Waals surface area (Å²) in [6, 6.07) is 52.6. The zero-order chi connectivity index (χ0) is 29.7. The number of aliphatic hydroxyl groups excluding tert-OH is 1. The van der Waals surface area contributed by atoms with Gasteiger partial charge in [-0.1, -0.05) is 164 Å². The standard InChI is InChI=1S/C20H16O2.C19H16O2/c21-13-14-7-1-4-10-17(14)20(22)18-11-5-2-8-15(18)16-9-3-6-12-19(16)20;20-21-19(16-10-4-1-5-11-16,17-12-6-2-7-13-17)18-14-8-3-9-15-18/h1-12,21-22H,13H2;1-15,20H. The SMILES string of the molecule is OCc1ccccc1C1(O)c2ccccc2-c2ccccc21.OOC(c1ccccc1)(c1ccccc1)c1ccccc1. The van der Waals surface area contributed by atoms with Crippen LogP contribution in [0.15, 0.2) is 164 Å². The van der Waals surface area contributed by atoms with Gasteiger partial charge in [-0.15, -0.1) is 0 Å². The fourth-order valence-electron chi connectivity index (χ4n) is 6.19. The van der Waals surface area contributed by atoms with E-state index in [0.717, 1.165) is 50.1 Å².